The van der Waals surface area contributed by atoms with Gasteiger partial charge in [-0.1, -0.05) is 263 Å². The standard InChI is InChI=1S/C57H54N4.C25H26N2.2C2H6/c1-37(2)52-35-56(4,40-21-9-6-10-22-40)48-34-51(45-29-16-17-30-46(45)54(48)60-52)59-43-27-19-20-39(32-43)38(3)53-36-57(5,41-23-11-7-12-24-41)49-33-50(58-42-25-13-8-14-26-42)44-28-15-18-31-47(44)55(49)61-53;1-18(2)24-17-25(3,19-10-6-4-7-11-19)22-16-21(14-15-23(22)27-24)26-20-12-8-5-9-13-20;2*1-2/h6-34,36-38,52,58-61H,35H2,1-5H3;4-18,26-27H,1-3H3;2*1-2H3. The fourth-order valence-corrected chi connectivity index (χ4v) is 13.8. The molecule has 0 aliphatic carbocycles. The largest absolute Gasteiger partial charge is 0.381 e. The van der Waals surface area contributed by atoms with E-state index in [1.807, 2.05) is 45.9 Å². The van der Waals surface area contributed by atoms with Crippen LogP contribution < -0.4 is 31.9 Å². The monoisotopic (exact) mass is 1210 g/mol. The average molecular weight is 1210 g/mol. The van der Waals surface area contributed by atoms with Crippen molar-refractivity contribution in [3.8, 4) is 0 Å². The number of fused-ring (bicyclic) bond motifs is 7. The summed E-state index contributed by atoms with van der Waals surface area (Å²) in [6, 6.07) is 92.0. The molecule has 5 unspecified atom stereocenters. The summed E-state index contributed by atoms with van der Waals surface area (Å²) in [5.41, 5.74) is 21.0. The van der Waals surface area contributed by atoms with Gasteiger partial charge in [-0.2, -0.15) is 0 Å². The number of nitrogens with one attached hydrogen (secondary N) is 6. The lowest BCUT2D eigenvalue weighted by atomic mass is 9.67. The summed E-state index contributed by atoms with van der Waals surface area (Å²) < 4.78 is 0. The van der Waals surface area contributed by atoms with Crippen molar-refractivity contribution in [3.05, 3.63) is 317 Å². The van der Waals surface area contributed by atoms with Gasteiger partial charge in [-0.05, 0) is 144 Å². The number of anilines is 9. The third-order valence-corrected chi connectivity index (χ3v) is 19.0. The number of hydrogen-bond acceptors (Lipinski definition) is 6. The molecule has 0 saturated heterocycles. The SMILES string of the molecule is CC.CC.CC(C)C1=CC(C)(c2ccccc2)c2cc(Nc3ccccc3)ccc2N1.CC(C1=CC(C)(c2ccccc2)c2cc(Nc3ccccc3)c3ccccc3c2N1)c1cccc(Nc2cc3c(c4ccccc24)NC(C(C)C)CC3(C)c2ccccc2)c1. The van der Waals surface area contributed by atoms with E-state index in [1.165, 1.54) is 83.3 Å². The molecule has 6 nitrogen and oxygen atoms in total. The molecule has 3 aliphatic heterocycles. The number of allylic oxidation sites excluding steroid dienone is 4. The van der Waals surface area contributed by atoms with Crippen molar-refractivity contribution in [2.24, 2.45) is 11.8 Å². The molecule has 6 N–H and O–H groups in total. The maximum absolute atomic E-state index is 4.02. The first-order chi connectivity index (χ1) is 44.8. The van der Waals surface area contributed by atoms with Gasteiger partial charge in [-0.25, -0.2) is 0 Å². The number of hydrogen-bond donors (Lipinski definition) is 6. The second-order valence-electron chi connectivity index (χ2n) is 25.6. The Kier molecular flexibility index (Phi) is 19.2. The van der Waals surface area contributed by atoms with Gasteiger partial charge in [-0.3, -0.25) is 0 Å². The van der Waals surface area contributed by atoms with E-state index in [9.17, 15) is 0 Å². The van der Waals surface area contributed by atoms with Gasteiger partial charge < -0.3 is 31.9 Å². The Hall–Kier alpha value is -9.78. The molecule has 0 saturated carbocycles. The van der Waals surface area contributed by atoms with Gasteiger partial charge >= 0.3 is 0 Å². The zero-order chi connectivity index (χ0) is 64.6. The minimum atomic E-state index is -0.394. The third-order valence-electron chi connectivity index (χ3n) is 19.0. The highest BCUT2D eigenvalue weighted by Crippen LogP contribution is 2.52. The lowest BCUT2D eigenvalue weighted by molar-refractivity contribution is 0.387. The van der Waals surface area contributed by atoms with E-state index in [2.05, 4.69) is 336 Å². The summed E-state index contributed by atoms with van der Waals surface area (Å²) >= 11 is 0. The van der Waals surface area contributed by atoms with Crippen molar-refractivity contribution in [2.75, 3.05) is 31.9 Å². The van der Waals surface area contributed by atoms with Gasteiger partial charge in [0.2, 0.25) is 0 Å². The Morgan fingerprint density at radius 1 is 0.380 bits per heavy atom. The van der Waals surface area contributed by atoms with Crippen LogP contribution in [0.5, 0.6) is 0 Å². The van der Waals surface area contributed by atoms with Crippen molar-refractivity contribution in [1.29, 1.82) is 0 Å². The Morgan fingerprint density at radius 3 is 1.38 bits per heavy atom. The van der Waals surface area contributed by atoms with Gasteiger partial charge in [0.15, 0.2) is 0 Å². The molecule has 11 aromatic carbocycles. The van der Waals surface area contributed by atoms with E-state index in [-0.39, 0.29) is 16.7 Å². The van der Waals surface area contributed by atoms with Gasteiger partial charge in [0.25, 0.3) is 0 Å². The molecule has 0 radical (unpaired) electrons. The first-order valence-corrected chi connectivity index (χ1v) is 33.5. The van der Waals surface area contributed by atoms with Crippen LogP contribution in [0.25, 0.3) is 21.5 Å². The zero-order valence-electron chi connectivity index (χ0n) is 55.9. The predicted octanol–water partition coefficient (Wildman–Crippen LogP) is 23.8. The average Bonchev–Trinajstić information content (AvgIpc) is 0.751. The first kappa shape index (κ1) is 63.8. The highest BCUT2D eigenvalue weighted by Gasteiger charge is 2.41. The molecule has 0 spiro atoms. The summed E-state index contributed by atoms with van der Waals surface area (Å²) in [5.74, 6) is 1.03. The van der Waals surface area contributed by atoms with Crippen LogP contribution in [-0.2, 0) is 16.2 Å². The van der Waals surface area contributed by atoms with Crippen molar-refractivity contribution in [2.45, 2.75) is 118 Å². The molecule has 0 aromatic heterocycles. The van der Waals surface area contributed by atoms with Crippen LogP contribution in [-0.4, -0.2) is 6.04 Å². The summed E-state index contributed by atoms with van der Waals surface area (Å²) in [6.07, 6.45) is 5.89. The van der Waals surface area contributed by atoms with Crippen LogP contribution in [0.1, 0.15) is 134 Å². The molecule has 3 aliphatic rings. The Morgan fingerprint density at radius 2 is 0.826 bits per heavy atom. The van der Waals surface area contributed by atoms with E-state index in [0.29, 0.717) is 17.9 Å². The minimum absolute atomic E-state index is 0.0811. The molecule has 0 amide bonds. The summed E-state index contributed by atoms with van der Waals surface area (Å²) in [4.78, 5) is 0. The van der Waals surface area contributed by atoms with E-state index < -0.39 is 5.41 Å². The van der Waals surface area contributed by atoms with E-state index in [4.69, 9.17) is 0 Å². The van der Waals surface area contributed by atoms with Gasteiger partial charge in [0.1, 0.15) is 0 Å². The summed E-state index contributed by atoms with van der Waals surface area (Å²) in [7, 11) is 0. The van der Waals surface area contributed by atoms with Crippen molar-refractivity contribution in [3.63, 3.8) is 0 Å². The quantitative estimate of drug-likeness (QED) is 0.0691. The molecule has 11 aromatic rings. The van der Waals surface area contributed by atoms with Crippen molar-refractivity contribution in [1.82, 2.24) is 0 Å². The first-order valence-electron chi connectivity index (χ1n) is 33.5. The number of rotatable bonds is 13. The normalized spacial score (nSPS) is 18.7. The van der Waals surface area contributed by atoms with Crippen LogP contribution in [0.4, 0.5) is 51.2 Å². The molecule has 14 rings (SSSR count). The van der Waals surface area contributed by atoms with E-state index in [0.717, 1.165) is 46.2 Å². The maximum Gasteiger partial charge on any atom is 0.0508 e. The molecule has 92 heavy (non-hydrogen) atoms. The van der Waals surface area contributed by atoms with E-state index >= 15 is 0 Å². The summed E-state index contributed by atoms with van der Waals surface area (Å²) in [6.45, 7) is 26.6. The van der Waals surface area contributed by atoms with Crippen molar-refractivity contribution < 1.29 is 0 Å². The van der Waals surface area contributed by atoms with Crippen molar-refractivity contribution >= 4 is 72.7 Å². The van der Waals surface area contributed by atoms with Crippen LogP contribution in [0.15, 0.2) is 278 Å². The highest BCUT2D eigenvalue weighted by atomic mass is 15.0. The molecule has 3 heterocycles. The molecular weight excluding hydrogens is 1120 g/mol. The Bertz CT molecular complexity index is 4370. The minimum Gasteiger partial charge on any atom is -0.381 e. The topological polar surface area (TPSA) is 72.2 Å². The Balaban J connectivity index is 0.000000233. The van der Waals surface area contributed by atoms with Gasteiger partial charge in [0.05, 0.1) is 5.69 Å². The van der Waals surface area contributed by atoms with Crippen LogP contribution in [0.2, 0.25) is 0 Å². The highest BCUT2D eigenvalue weighted by molar-refractivity contribution is 6.07. The smallest absolute Gasteiger partial charge is 0.0508 e. The van der Waals surface area contributed by atoms with Crippen LogP contribution >= 0.6 is 0 Å². The zero-order valence-corrected chi connectivity index (χ0v) is 55.9. The van der Waals surface area contributed by atoms with Crippen LogP contribution in [0, 0.1) is 11.8 Å². The fourth-order valence-electron chi connectivity index (χ4n) is 13.8. The molecular formula is C86H92N6. The molecule has 6 heteroatoms. The Labute approximate surface area is 548 Å². The number of para-hydroxylation sites is 2. The second-order valence-corrected chi connectivity index (χ2v) is 25.6. The third kappa shape index (κ3) is 12.8. The molecule has 5 atom stereocenters. The van der Waals surface area contributed by atoms with E-state index in [1.54, 1.807) is 0 Å². The van der Waals surface area contributed by atoms with Crippen LogP contribution in [0.3, 0.4) is 0 Å². The lowest BCUT2D eigenvalue weighted by Gasteiger charge is -2.44. The lowest BCUT2D eigenvalue weighted by Crippen LogP contribution is -2.41. The van der Waals surface area contributed by atoms with Gasteiger partial charge in [0, 0.05) is 107 Å². The maximum atomic E-state index is 4.02. The van der Waals surface area contributed by atoms with Gasteiger partial charge in [-0.15, -0.1) is 0 Å². The molecule has 466 valence electrons. The second kappa shape index (κ2) is 27.8. The molecule has 0 bridgehead atoms. The summed E-state index contributed by atoms with van der Waals surface area (Å²) in [5, 5.41) is 27.8. The molecule has 0 fully saturated rings. The number of benzene rings is 11. The fraction of sp³-hybridized carbons (Fsp3) is 0.233. The predicted molar refractivity (Wildman–Crippen MR) is 398 cm³/mol.